The van der Waals surface area contributed by atoms with E-state index >= 15 is 0 Å². The molecule has 1 aliphatic carbocycles. The Morgan fingerprint density at radius 3 is 2.48 bits per heavy atom. The van der Waals surface area contributed by atoms with Crippen LogP contribution in [0.15, 0.2) is 54.1 Å². The second kappa shape index (κ2) is 5.44. The zero-order valence-corrected chi connectivity index (χ0v) is 11.8. The number of fused-ring (bicyclic) bond motifs is 1. The first-order valence-electron chi connectivity index (χ1n) is 6.90. The van der Waals surface area contributed by atoms with E-state index in [1.807, 2.05) is 48.5 Å². The van der Waals surface area contributed by atoms with Gasteiger partial charge < -0.3 is 9.84 Å². The van der Waals surface area contributed by atoms with Crippen molar-refractivity contribution in [2.24, 2.45) is 0 Å². The number of carboxylic acid groups (broad SMARTS) is 1. The second-order valence-electron chi connectivity index (χ2n) is 5.01. The molecule has 1 aliphatic rings. The molecule has 106 valence electrons. The Labute approximate surface area is 123 Å². The van der Waals surface area contributed by atoms with Gasteiger partial charge >= 0.3 is 5.97 Å². The molecule has 3 nitrogen and oxygen atoms in total. The number of benzene rings is 2. The zero-order valence-electron chi connectivity index (χ0n) is 11.8. The van der Waals surface area contributed by atoms with E-state index in [0.29, 0.717) is 18.4 Å². The van der Waals surface area contributed by atoms with Crippen molar-refractivity contribution in [1.29, 1.82) is 0 Å². The molecule has 0 amide bonds. The Bertz CT molecular complexity index is 714. The summed E-state index contributed by atoms with van der Waals surface area (Å²) in [5.41, 5.74) is 4.27. The van der Waals surface area contributed by atoms with Crippen LogP contribution < -0.4 is 4.74 Å². The molecule has 21 heavy (non-hydrogen) atoms. The SMILES string of the molecule is COc1cccc2c1CCC(C(=O)O)=C2c1ccccc1. The van der Waals surface area contributed by atoms with Gasteiger partial charge in [0.1, 0.15) is 5.75 Å². The third-order valence-electron chi connectivity index (χ3n) is 3.87. The van der Waals surface area contributed by atoms with Crippen LogP contribution in [-0.4, -0.2) is 18.2 Å². The van der Waals surface area contributed by atoms with Gasteiger partial charge in [-0.1, -0.05) is 42.5 Å². The molecule has 2 aromatic carbocycles. The van der Waals surface area contributed by atoms with Crippen molar-refractivity contribution in [3.05, 3.63) is 70.8 Å². The summed E-state index contributed by atoms with van der Waals surface area (Å²) < 4.78 is 5.42. The molecule has 0 unspecified atom stereocenters. The van der Waals surface area contributed by atoms with E-state index in [9.17, 15) is 9.90 Å². The highest BCUT2D eigenvalue weighted by atomic mass is 16.5. The molecule has 0 radical (unpaired) electrons. The Hall–Kier alpha value is -2.55. The van der Waals surface area contributed by atoms with Crippen LogP contribution in [0.5, 0.6) is 5.75 Å². The number of hydrogen-bond donors (Lipinski definition) is 1. The molecule has 0 saturated carbocycles. The molecule has 0 fully saturated rings. The van der Waals surface area contributed by atoms with Gasteiger partial charge in [0.25, 0.3) is 0 Å². The number of methoxy groups -OCH3 is 1. The molecule has 3 heteroatoms. The molecule has 1 N–H and O–H groups in total. The van der Waals surface area contributed by atoms with Gasteiger partial charge in [-0.25, -0.2) is 4.79 Å². The number of ether oxygens (including phenoxy) is 1. The zero-order chi connectivity index (χ0) is 14.8. The Balaban J connectivity index is 2.28. The van der Waals surface area contributed by atoms with Gasteiger partial charge in [0, 0.05) is 11.1 Å². The molecule has 3 rings (SSSR count). The third-order valence-corrected chi connectivity index (χ3v) is 3.87. The van der Waals surface area contributed by atoms with E-state index in [-0.39, 0.29) is 0 Å². The smallest absolute Gasteiger partial charge is 0.332 e. The van der Waals surface area contributed by atoms with Crippen molar-refractivity contribution in [3.63, 3.8) is 0 Å². The lowest BCUT2D eigenvalue weighted by atomic mass is 9.82. The van der Waals surface area contributed by atoms with E-state index in [0.717, 1.165) is 28.0 Å². The van der Waals surface area contributed by atoms with Crippen LogP contribution in [0.3, 0.4) is 0 Å². The van der Waals surface area contributed by atoms with E-state index in [4.69, 9.17) is 4.74 Å². The monoisotopic (exact) mass is 280 g/mol. The first-order valence-corrected chi connectivity index (χ1v) is 6.90. The molecular formula is C18H16O3. The number of carboxylic acids is 1. The van der Waals surface area contributed by atoms with E-state index in [1.165, 1.54) is 0 Å². The first-order chi connectivity index (χ1) is 10.2. The lowest BCUT2D eigenvalue weighted by Crippen LogP contribution is -2.13. The van der Waals surface area contributed by atoms with Gasteiger partial charge in [0.05, 0.1) is 7.11 Å². The van der Waals surface area contributed by atoms with Gasteiger partial charge in [-0.15, -0.1) is 0 Å². The fourth-order valence-corrected chi connectivity index (χ4v) is 2.93. The van der Waals surface area contributed by atoms with Crippen LogP contribution in [0.25, 0.3) is 5.57 Å². The highest BCUT2D eigenvalue weighted by Crippen LogP contribution is 2.39. The van der Waals surface area contributed by atoms with Crippen LogP contribution in [0.2, 0.25) is 0 Å². The molecule has 0 aromatic heterocycles. The Morgan fingerprint density at radius 1 is 1.05 bits per heavy atom. The highest BCUT2D eigenvalue weighted by molar-refractivity contribution is 6.02. The Kier molecular flexibility index (Phi) is 3.48. The predicted molar refractivity (Wildman–Crippen MR) is 81.4 cm³/mol. The van der Waals surface area contributed by atoms with Crippen molar-refractivity contribution >= 4 is 11.5 Å². The van der Waals surface area contributed by atoms with Gasteiger partial charge in [-0.2, -0.15) is 0 Å². The van der Waals surface area contributed by atoms with Crippen LogP contribution in [0, 0.1) is 0 Å². The van der Waals surface area contributed by atoms with Crippen molar-refractivity contribution < 1.29 is 14.6 Å². The lowest BCUT2D eigenvalue weighted by molar-refractivity contribution is -0.132. The predicted octanol–water partition coefficient (Wildman–Crippen LogP) is 3.53. The fraction of sp³-hybridized carbons (Fsp3) is 0.167. The minimum absolute atomic E-state index is 0.474. The van der Waals surface area contributed by atoms with Crippen LogP contribution in [-0.2, 0) is 11.2 Å². The van der Waals surface area contributed by atoms with Crippen molar-refractivity contribution in [1.82, 2.24) is 0 Å². The first kappa shape index (κ1) is 13.4. The summed E-state index contributed by atoms with van der Waals surface area (Å²) in [6, 6.07) is 15.5. The molecule has 0 atom stereocenters. The molecule has 0 spiro atoms. The molecule has 0 heterocycles. The summed E-state index contributed by atoms with van der Waals surface area (Å²) in [6.07, 6.45) is 1.21. The maximum atomic E-state index is 11.6. The van der Waals surface area contributed by atoms with Crippen LogP contribution in [0.1, 0.15) is 23.1 Å². The number of hydrogen-bond acceptors (Lipinski definition) is 2. The maximum Gasteiger partial charge on any atom is 0.332 e. The average molecular weight is 280 g/mol. The minimum atomic E-state index is -0.845. The summed E-state index contributed by atoms with van der Waals surface area (Å²) in [5.74, 6) is -0.0207. The summed E-state index contributed by atoms with van der Waals surface area (Å²) in [5, 5.41) is 9.53. The topological polar surface area (TPSA) is 46.5 Å². The number of rotatable bonds is 3. The molecule has 0 aliphatic heterocycles. The highest BCUT2D eigenvalue weighted by Gasteiger charge is 2.26. The summed E-state index contributed by atoms with van der Waals surface area (Å²) in [4.78, 5) is 11.6. The van der Waals surface area contributed by atoms with Crippen LogP contribution >= 0.6 is 0 Å². The van der Waals surface area contributed by atoms with Gasteiger partial charge in [-0.05, 0) is 35.6 Å². The van der Waals surface area contributed by atoms with Gasteiger partial charge in [-0.3, -0.25) is 0 Å². The quantitative estimate of drug-likeness (QED) is 0.935. The van der Waals surface area contributed by atoms with E-state index in [2.05, 4.69) is 0 Å². The molecule has 0 bridgehead atoms. The largest absolute Gasteiger partial charge is 0.496 e. The molecule has 2 aromatic rings. The van der Waals surface area contributed by atoms with Crippen molar-refractivity contribution in [2.45, 2.75) is 12.8 Å². The van der Waals surface area contributed by atoms with E-state index in [1.54, 1.807) is 7.11 Å². The molecule has 0 saturated heterocycles. The standard InChI is InChI=1S/C18H16O3/c1-21-16-9-5-8-14-13(16)10-11-15(18(19)20)17(14)12-6-3-2-4-7-12/h2-9H,10-11H2,1H3,(H,19,20). The van der Waals surface area contributed by atoms with Crippen molar-refractivity contribution in [3.8, 4) is 5.75 Å². The van der Waals surface area contributed by atoms with Gasteiger partial charge in [0.2, 0.25) is 0 Å². The minimum Gasteiger partial charge on any atom is -0.496 e. The normalized spacial score (nSPS) is 13.8. The van der Waals surface area contributed by atoms with Gasteiger partial charge in [0.15, 0.2) is 0 Å². The number of aliphatic carboxylic acids is 1. The summed E-state index contributed by atoms with van der Waals surface area (Å²) >= 11 is 0. The van der Waals surface area contributed by atoms with E-state index < -0.39 is 5.97 Å². The second-order valence-corrected chi connectivity index (χ2v) is 5.01. The number of carbonyl (C=O) groups is 1. The average Bonchev–Trinajstić information content (AvgIpc) is 2.53. The van der Waals surface area contributed by atoms with Crippen molar-refractivity contribution in [2.75, 3.05) is 7.11 Å². The fourth-order valence-electron chi connectivity index (χ4n) is 2.93. The maximum absolute atomic E-state index is 11.6. The third kappa shape index (κ3) is 2.31. The molecular weight excluding hydrogens is 264 g/mol. The lowest BCUT2D eigenvalue weighted by Gasteiger charge is -2.23. The van der Waals surface area contributed by atoms with Crippen LogP contribution in [0.4, 0.5) is 0 Å². The Morgan fingerprint density at radius 2 is 1.81 bits per heavy atom. The summed E-state index contributed by atoms with van der Waals surface area (Å²) in [7, 11) is 1.65. The summed E-state index contributed by atoms with van der Waals surface area (Å²) in [6.45, 7) is 0.